The highest BCUT2D eigenvalue weighted by atomic mass is 16.2. The van der Waals surface area contributed by atoms with Gasteiger partial charge in [-0.3, -0.25) is 4.79 Å². The van der Waals surface area contributed by atoms with E-state index in [1.807, 2.05) is 6.92 Å². The Morgan fingerprint density at radius 2 is 2.00 bits per heavy atom. The molecule has 2 heteroatoms. The molecule has 1 heterocycles. The Kier molecular flexibility index (Phi) is 2.31. The molecule has 1 saturated carbocycles. The second-order valence-electron chi connectivity index (χ2n) is 4.63. The minimum atomic E-state index is 0.353. The van der Waals surface area contributed by atoms with Crippen LogP contribution >= 0.6 is 0 Å². The van der Waals surface area contributed by atoms with Crippen LogP contribution in [0.2, 0.25) is 0 Å². The first-order chi connectivity index (χ1) is 6.26. The van der Waals surface area contributed by atoms with E-state index in [0.717, 1.165) is 13.1 Å². The van der Waals surface area contributed by atoms with E-state index >= 15 is 0 Å². The van der Waals surface area contributed by atoms with Crippen LogP contribution in [-0.2, 0) is 4.79 Å². The van der Waals surface area contributed by atoms with Gasteiger partial charge in [-0.05, 0) is 31.1 Å². The molecule has 0 N–H and O–H groups in total. The second-order valence-corrected chi connectivity index (χ2v) is 4.63. The molecular weight excluding hydrogens is 162 g/mol. The summed E-state index contributed by atoms with van der Waals surface area (Å²) in [6, 6.07) is 0. The van der Waals surface area contributed by atoms with Crippen molar-refractivity contribution in [2.24, 2.45) is 5.41 Å². The van der Waals surface area contributed by atoms with Crippen LogP contribution in [0.1, 0.15) is 45.4 Å². The SMILES string of the molecule is CCC(=O)N1CCCC2(CCC2)C1. The molecular formula is C11H19NO. The fraction of sp³-hybridized carbons (Fsp3) is 0.909. The molecule has 1 saturated heterocycles. The monoisotopic (exact) mass is 181 g/mol. The van der Waals surface area contributed by atoms with E-state index in [4.69, 9.17) is 0 Å². The number of hydrogen-bond acceptors (Lipinski definition) is 1. The Bertz CT molecular complexity index is 208. The Balaban J connectivity index is 1.95. The van der Waals surface area contributed by atoms with Crippen molar-refractivity contribution in [3.63, 3.8) is 0 Å². The van der Waals surface area contributed by atoms with Crippen molar-refractivity contribution in [3.8, 4) is 0 Å². The summed E-state index contributed by atoms with van der Waals surface area (Å²) in [5, 5.41) is 0. The third-order valence-corrected chi connectivity index (χ3v) is 3.73. The molecule has 1 spiro atoms. The molecule has 2 fully saturated rings. The summed E-state index contributed by atoms with van der Waals surface area (Å²) in [5.74, 6) is 0.353. The van der Waals surface area contributed by atoms with Crippen LogP contribution in [0.5, 0.6) is 0 Å². The zero-order valence-corrected chi connectivity index (χ0v) is 8.51. The van der Waals surface area contributed by atoms with E-state index in [-0.39, 0.29) is 0 Å². The van der Waals surface area contributed by atoms with Gasteiger partial charge in [-0.15, -0.1) is 0 Å². The molecule has 2 nitrogen and oxygen atoms in total. The molecule has 0 bridgehead atoms. The molecule has 2 aliphatic rings. The lowest BCUT2D eigenvalue weighted by Crippen LogP contribution is -2.49. The maximum atomic E-state index is 11.5. The van der Waals surface area contributed by atoms with Gasteiger partial charge < -0.3 is 4.90 Å². The summed E-state index contributed by atoms with van der Waals surface area (Å²) in [6.45, 7) is 4.03. The standard InChI is InChI=1S/C11H19NO/c1-2-10(13)12-8-4-7-11(9-12)5-3-6-11/h2-9H2,1H3. The van der Waals surface area contributed by atoms with Gasteiger partial charge in [-0.1, -0.05) is 13.3 Å². The third kappa shape index (κ3) is 1.59. The quantitative estimate of drug-likeness (QED) is 0.607. The van der Waals surface area contributed by atoms with Gasteiger partial charge in [0, 0.05) is 19.5 Å². The highest BCUT2D eigenvalue weighted by Gasteiger charge is 2.41. The molecule has 0 atom stereocenters. The first kappa shape index (κ1) is 9.04. The summed E-state index contributed by atoms with van der Waals surface area (Å²) < 4.78 is 0. The Morgan fingerprint density at radius 1 is 1.31 bits per heavy atom. The number of amides is 1. The number of nitrogens with zero attached hydrogens (tertiary/aromatic N) is 1. The fourth-order valence-electron chi connectivity index (χ4n) is 2.73. The maximum absolute atomic E-state index is 11.5. The highest BCUT2D eigenvalue weighted by Crippen LogP contribution is 2.47. The lowest BCUT2D eigenvalue weighted by molar-refractivity contribution is -0.136. The van der Waals surface area contributed by atoms with Gasteiger partial charge in [0.05, 0.1) is 0 Å². The number of carbonyl (C=O) groups excluding carboxylic acids is 1. The third-order valence-electron chi connectivity index (χ3n) is 3.73. The maximum Gasteiger partial charge on any atom is 0.222 e. The topological polar surface area (TPSA) is 20.3 Å². The lowest BCUT2D eigenvalue weighted by atomic mass is 9.64. The van der Waals surface area contributed by atoms with Crippen molar-refractivity contribution < 1.29 is 4.79 Å². The van der Waals surface area contributed by atoms with Gasteiger partial charge in [-0.25, -0.2) is 0 Å². The van der Waals surface area contributed by atoms with Gasteiger partial charge in [0.15, 0.2) is 0 Å². The van der Waals surface area contributed by atoms with Gasteiger partial charge >= 0.3 is 0 Å². The molecule has 1 aliphatic heterocycles. The zero-order valence-electron chi connectivity index (χ0n) is 8.51. The predicted octanol–water partition coefficient (Wildman–Crippen LogP) is 2.19. The molecule has 0 aromatic heterocycles. The summed E-state index contributed by atoms with van der Waals surface area (Å²) in [7, 11) is 0. The molecule has 2 rings (SSSR count). The summed E-state index contributed by atoms with van der Waals surface area (Å²) >= 11 is 0. The predicted molar refractivity (Wildman–Crippen MR) is 52.4 cm³/mol. The van der Waals surface area contributed by atoms with Crippen molar-refractivity contribution in [2.75, 3.05) is 13.1 Å². The number of piperidine rings is 1. The van der Waals surface area contributed by atoms with Crippen LogP contribution < -0.4 is 0 Å². The first-order valence-corrected chi connectivity index (χ1v) is 5.54. The average Bonchev–Trinajstić information content (AvgIpc) is 2.14. The number of likely N-dealkylation sites (tertiary alicyclic amines) is 1. The van der Waals surface area contributed by atoms with Crippen LogP contribution in [0.3, 0.4) is 0 Å². The summed E-state index contributed by atoms with van der Waals surface area (Å²) in [5.41, 5.74) is 0.559. The molecule has 13 heavy (non-hydrogen) atoms. The zero-order chi connectivity index (χ0) is 9.31. The smallest absolute Gasteiger partial charge is 0.222 e. The van der Waals surface area contributed by atoms with Crippen molar-refractivity contribution in [3.05, 3.63) is 0 Å². The van der Waals surface area contributed by atoms with Crippen molar-refractivity contribution in [1.82, 2.24) is 4.90 Å². The molecule has 0 unspecified atom stereocenters. The Hall–Kier alpha value is -0.530. The van der Waals surface area contributed by atoms with Gasteiger partial charge in [0.2, 0.25) is 5.91 Å². The van der Waals surface area contributed by atoms with E-state index in [2.05, 4.69) is 4.90 Å². The van der Waals surface area contributed by atoms with E-state index < -0.39 is 0 Å². The van der Waals surface area contributed by atoms with Gasteiger partial charge in [-0.2, -0.15) is 0 Å². The van der Waals surface area contributed by atoms with Crippen LogP contribution in [0.15, 0.2) is 0 Å². The van der Waals surface area contributed by atoms with E-state index in [1.165, 1.54) is 32.1 Å². The van der Waals surface area contributed by atoms with Crippen LogP contribution in [0.4, 0.5) is 0 Å². The number of carbonyl (C=O) groups is 1. The fourth-order valence-corrected chi connectivity index (χ4v) is 2.73. The van der Waals surface area contributed by atoms with Gasteiger partial charge in [0.1, 0.15) is 0 Å². The second kappa shape index (κ2) is 3.32. The van der Waals surface area contributed by atoms with Crippen molar-refractivity contribution >= 4 is 5.91 Å². The van der Waals surface area contributed by atoms with Crippen LogP contribution in [-0.4, -0.2) is 23.9 Å². The minimum absolute atomic E-state index is 0.353. The molecule has 0 radical (unpaired) electrons. The van der Waals surface area contributed by atoms with Crippen molar-refractivity contribution in [1.29, 1.82) is 0 Å². The molecule has 0 aromatic rings. The first-order valence-electron chi connectivity index (χ1n) is 5.54. The number of hydrogen-bond donors (Lipinski definition) is 0. The average molecular weight is 181 g/mol. The van der Waals surface area contributed by atoms with E-state index in [9.17, 15) is 4.79 Å². The van der Waals surface area contributed by atoms with E-state index in [1.54, 1.807) is 0 Å². The lowest BCUT2D eigenvalue weighted by Gasteiger charge is -2.48. The normalized spacial score (nSPS) is 25.8. The Labute approximate surface area is 80.3 Å². The van der Waals surface area contributed by atoms with E-state index in [0.29, 0.717) is 17.7 Å². The molecule has 1 aliphatic carbocycles. The Morgan fingerprint density at radius 3 is 2.54 bits per heavy atom. The number of rotatable bonds is 1. The molecule has 1 amide bonds. The summed E-state index contributed by atoms with van der Waals surface area (Å²) in [4.78, 5) is 13.6. The minimum Gasteiger partial charge on any atom is -0.342 e. The van der Waals surface area contributed by atoms with Crippen molar-refractivity contribution in [2.45, 2.75) is 45.4 Å². The largest absolute Gasteiger partial charge is 0.342 e. The molecule has 74 valence electrons. The highest BCUT2D eigenvalue weighted by molar-refractivity contribution is 5.76. The summed E-state index contributed by atoms with van der Waals surface area (Å²) in [6.07, 6.45) is 7.37. The van der Waals surface area contributed by atoms with Crippen LogP contribution in [0.25, 0.3) is 0 Å². The van der Waals surface area contributed by atoms with Gasteiger partial charge in [0.25, 0.3) is 0 Å². The molecule has 0 aromatic carbocycles. The van der Waals surface area contributed by atoms with Crippen LogP contribution in [0, 0.1) is 5.41 Å².